The zero-order chi connectivity index (χ0) is 15.9. The third-order valence-corrected chi connectivity index (χ3v) is 3.31. The first kappa shape index (κ1) is 16.0. The summed E-state index contributed by atoms with van der Waals surface area (Å²) in [6.07, 6.45) is 0. The molecule has 0 fully saturated rings. The molecule has 0 heterocycles. The Morgan fingerprint density at radius 1 is 1.23 bits per heavy atom. The summed E-state index contributed by atoms with van der Waals surface area (Å²) < 4.78 is 19.0. The summed E-state index contributed by atoms with van der Waals surface area (Å²) >= 11 is 0. The number of ether oxygens (including phenoxy) is 1. The molecule has 0 aliphatic rings. The molecule has 0 aliphatic carbocycles. The van der Waals surface area contributed by atoms with Crippen LogP contribution in [0.3, 0.4) is 0 Å². The molecule has 1 N–H and O–H groups in total. The van der Waals surface area contributed by atoms with E-state index < -0.39 is 5.82 Å². The Balaban J connectivity index is 2.37. The maximum atomic E-state index is 13.9. The molecule has 0 bridgehead atoms. The van der Waals surface area contributed by atoms with Crippen molar-refractivity contribution in [2.24, 2.45) is 0 Å². The van der Waals surface area contributed by atoms with Crippen LogP contribution in [0.5, 0.6) is 0 Å². The van der Waals surface area contributed by atoms with Crippen LogP contribution in [0.4, 0.5) is 15.8 Å². The molecule has 2 aromatic rings. The van der Waals surface area contributed by atoms with Gasteiger partial charge in [0.1, 0.15) is 5.82 Å². The number of rotatable bonds is 6. The zero-order valence-corrected chi connectivity index (χ0v) is 12.7. The molecule has 22 heavy (non-hydrogen) atoms. The molecule has 5 heteroatoms. The van der Waals surface area contributed by atoms with Gasteiger partial charge in [0.2, 0.25) is 0 Å². The van der Waals surface area contributed by atoms with E-state index in [0.717, 1.165) is 5.69 Å². The van der Waals surface area contributed by atoms with Crippen LogP contribution in [0.1, 0.15) is 10.4 Å². The Kier molecular flexibility index (Phi) is 5.49. The molecule has 0 unspecified atom stereocenters. The molecule has 0 spiro atoms. The van der Waals surface area contributed by atoms with E-state index in [4.69, 9.17) is 4.74 Å². The number of carbonyl (C=O) groups is 1. The van der Waals surface area contributed by atoms with Gasteiger partial charge in [0, 0.05) is 32.1 Å². The molecule has 0 atom stereocenters. The van der Waals surface area contributed by atoms with E-state index in [0.29, 0.717) is 18.8 Å². The monoisotopic (exact) mass is 302 g/mol. The van der Waals surface area contributed by atoms with Gasteiger partial charge in [-0.2, -0.15) is 0 Å². The number of nitrogens with one attached hydrogen (secondary N) is 1. The average molecular weight is 302 g/mol. The lowest BCUT2D eigenvalue weighted by Gasteiger charge is -2.23. The van der Waals surface area contributed by atoms with Crippen molar-refractivity contribution in [2.75, 3.05) is 37.5 Å². The van der Waals surface area contributed by atoms with Gasteiger partial charge in [-0.1, -0.05) is 18.2 Å². The number of nitrogens with zero attached hydrogens (tertiary/aromatic N) is 1. The number of hydrogen-bond acceptors (Lipinski definition) is 3. The van der Waals surface area contributed by atoms with Gasteiger partial charge in [-0.15, -0.1) is 0 Å². The number of carbonyl (C=O) groups excluding carboxylic acids is 1. The molecule has 1 amide bonds. The molecule has 0 saturated carbocycles. The Morgan fingerprint density at radius 2 is 2.00 bits per heavy atom. The molecule has 2 rings (SSSR count). The standard InChI is InChI=1S/C17H19FN2O2/c1-19-13-6-5-7-14(12-13)20(10-11-22-2)17(21)15-8-3-4-9-16(15)18/h3-9,12,19H,10-11H2,1-2H3. The van der Waals surface area contributed by atoms with Gasteiger partial charge < -0.3 is 15.0 Å². The fourth-order valence-electron chi connectivity index (χ4n) is 2.14. The number of hydrogen-bond donors (Lipinski definition) is 1. The van der Waals surface area contributed by atoms with Crippen molar-refractivity contribution < 1.29 is 13.9 Å². The zero-order valence-electron chi connectivity index (χ0n) is 12.7. The fraction of sp³-hybridized carbons (Fsp3) is 0.235. The van der Waals surface area contributed by atoms with Crippen molar-refractivity contribution in [3.05, 3.63) is 59.9 Å². The van der Waals surface area contributed by atoms with Crippen molar-refractivity contribution in [3.63, 3.8) is 0 Å². The lowest BCUT2D eigenvalue weighted by atomic mass is 10.1. The molecule has 0 radical (unpaired) electrons. The SMILES string of the molecule is CNc1cccc(N(CCOC)C(=O)c2ccccc2F)c1. The fourth-order valence-corrected chi connectivity index (χ4v) is 2.14. The summed E-state index contributed by atoms with van der Waals surface area (Å²) in [5.41, 5.74) is 1.62. The van der Waals surface area contributed by atoms with Gasteiger partial charge in [0.05, 0.1) is 12.2 Å². The van der Waals surface area contributed by atoms with Crippen LogP contribution in [0.2, 0.25) is 0 Å². The smallest absolute Gasteiger partial charge is 0.261 e. The summed E-state index contributed by atoms with van der Waals surface area (Å²) in [5.74, 6) is -0.914. The Morgan fingerprint density at radius 3 is 2.68 bits per heavy atom. The normalized spacial score (nSPS) is 10.3. The molecule has 0 aliphatic heterocycles. The van der Waals surface area contributed by atoms with Gasteiger partial charge in [-0.05, 0) is 30.3 Å². The predicted octanol–water partition coefficient (Wildman–Crippen LogP) is 3.16. The van der Waals surface area contributed by atoms with Gasteiger partial charge >= 0.3 is 0 Å². The highest BCUT2D eigenvalue weighted by molar-refractivity contribution is 6.06. The summed E-state index contributed by atoms with van der Waals surface area (Å²) in [6.45, 7) is 0.709. The topological polar surface area (TPSA) is 41.6 Å². The molecule has 0 saturated heterocycles. The highest BCUT2D eigenvalue weighted by Crippen LogP contribution is 2.22. The number of benzene rings is 2. The Bertz CT molecular complexity index is 646. The molecule has 0 aromatic heterocycles. The molecule has 4 nitrogen and oxygen atoms in total. The minimum atomic E-state index is -0.528. The quantitative estimate of drug-likeness (QED) is 0.891. The first-order chi connectivity index (χ1) is 10.7. The van der Waals surface area contributed by atoms with Crippen LogP contribution >= 0.6 is 0 Å². The molecule has 116 valence electrons. The number of halogens is 1. The van der Waals surface area contributed by atoms with E-state index >= 15 is 0 Å². The lowest BCUT2D eigenvalue weighted by molar-refractivity contribution is 0.0972. The number of methoxy groups -OCH3 is 1. The predicted molar refractivity (Wildman–Crippen MR) is 85.9 cm³/mol. The average Bonchev–Trinajstić information content (AvgIpc) is 2.55. The van der Waals surface area contributed by atoms with Crippen molar-refractivity contribution >= 4 is 17.3 Å². The lowest BCUT2D eigenvalue weighted by Crippen LogP contribution is -2.34. The maximum absolute atomic E-state index is 13.9. The van der Waals surface area contributed by atoms with Crippen molar-refractivity contribution in [1.82, 2.24) is 0 Å². The van der Waals surface area contributed by atoms with Crippen molar-refractivity contribution in [3.8, 4) is 0 Å². The second-order valence-corrected chi connectivity index (χ2v) is 4.73. The number of amides is 1. The van der Waals surface area contributed by atoms with Crippen LogP contribution in [0.15, 0.2) is 48.5 Å². The van der Waals surface area contributed by atoms with Gasteiger partial charge in [-0.3, -0.25) is 4.79 Å². The first-order valence-corrected chi connectivity index (χ1v) is 7.00. The van der Waals surface area contributed by atoms with Crippen LogP contribution in [-0.2, 0) is 4.74 Å². The van der Waals surface area contributed by atoms with Gasteiger partial charge in [0.25, 0.3) is 5.91 Å². The minimum absolute atomic E-state index is 0.0495. The third kappa shape index (κ3) is 3.62. The van der Waals surface area contributed by atoms with Crippen LogP contribution in [-0.4, -0.2) is 33.2 Å². The summed E-state index contributed by atoms with van der Waals surface area (Å²) in [7, 11) is 3.37. The van der Waals surface area contributed by atoms with E-state index in [1.807, 2.05) is 24.3 Å². The Labute approximate surface area is 129 Å². The van der Waals surface area contributed by atoms with E-state index in [9.17, 15) is 9.18 Å². The van der Waals surface area contributed by atoms with E-state index in [-0.39, 0.29) is 11.5 Å². The van der Waals surface area contributed by atoms with E-state index in [1.54, 1.807) is 26.3 Å². The van der Waals surface area contributed by atoms with E-state index in [1.165, 1.54) is 17.0 Å². The van der Waals surface area contributed by atoms with E-state index in [2.05, 4.69) is 5.32 Å². The van der Waals surface area contributed by atoms with Crippen molar-refractivity contribution in [2.45, 2.75) is 0 Å². The second kappa shape index (κ2) is 7.56. The van der Waals surface area contributed by atoms with Gasteiger partial charge in [0.15, 0.2) is 0 Å². The van der Waals surface area contributed by atoms with Gasteiger partial charge in [-0.25, -0.2) is 4.39 Å². The molecule has 2 aromatic carbocycles. The van der Waals surface area contributed by atoms with Crippen LogP contribution < -0.4 is 10.2 Å². The largest absolute Gasteiger partial charge is 0.388 e. The second-order valence-electron chi connectivity index (χ2n) is 4.73. The van der Waals surface area contributed by atoms with Crippen LogP contribution in [0, 0.1) is 5.82 Å². The third-order valence-electron chi connectivity index (χ3n) is 3.31. The minimum Gasteiger partial charge on any atom is -0.388 e. The summed E-state index contributed by atoms with van der Waals surface area (Å²) in [5, 5.41) is 3.03. The Hall–Kier alpha value is -2.40. The molecular weight excluding hydrogens is 283 g/mol. The molecular formula is C17H19FN2O2. The van der Waals surface area contributed by atoms with Crippen LogP contribution in [0.25, 0.3) is 0 Å². The highest BCUT2D eigenvalue weighted by atomic mass is 19.1. The maximum Gasteiger partial charge on any atom is 0.261 e. The highest BCUT2D eigenvalue weighted by Gasteiger charge is 2.20. The van der Waals surface area contributed by atoms with Crippen molar-refractivity contribution in [1.29, 1.82) is 0 Å². The first-order valence-electron chi connectivity index (χ1n) is 7.00. The summed E-state index contributed by atoms with van der Waals surface area (Å²) in [6, 6.07) is 13.4. The summed E-state index contributed by atoms with van der Waals surface area (Å²) in [4.78, 5) is 14.2. The number of anilines is 2.